The van der Waals surface area contributed by atoms with Crippen molar-refractivity contribution in [1.82, 2.24) is 10.2 Å². The molecule has 3 N–H and O–H groups in total. The molecule has 0 radical (unpaired) electrons. The van der Waals surface area contributed by atoms with Gasteiger partial charge >= 0.3 is 0 Å². The zero-order valence-electron chi connectivity index (χ0n) is 9.55. The minimum absolute atomic E-state index is 0.0848. The molecule has 0 bridgehead atoms. The number of carbonyl (C=O) groups is 1. The van der Waals surface area contributed by atoms with Crippen molar-refractivity contribution in [3.8, 4) is 0 Å². The van der Waals surface area contributed by atoms with Gasteiger partial charge in [-0.1, -0.05) is 13.8 Å². The third-order valence-corrected chi connectivity index (χ3v) is 1.97. The Morgan fingerprint density at radius 2 is 2.14 bits per heavy atom. The highest BCUT2D eigenvalue weighted by molar-refractivity contribution is 5.77. The van der Waals surface area contributed by atoms with E-state index in [9.17, 15) is 4.79 Å². The maximum atomic E-state index is 11.3. The summed E-state index contributed by atoms with van der Waals surface area (Å²) >= 11 is 0. The number of amides is 1. The first kappa shape index (κ1) is 13.4. The van der Waals surface area contributed by atoms with E-state index in [0.29, 0.717) is 19.0 Å². The molecule has 84 valence electrons. The van der Waals surface area contributed by atoms with Crippen molar-refractivity contribution in [2.24, 2.45) is 11.7 Å². The molecule has 0 unspecified atom stereocenters. The van der Waals surface area contributed by atoms with Gasteiger partial charge in [-0.3, -0.25) is 9.69 Å². The summed E-state index contributed by atoms with van der Waals surface area (Å²) in [4.78, 5) is 13.2. The molecule has 0 aromatic rings. The molecular formula is C10H23N3O. The molecule has 0 heterocycles. The van der Waals surface area contributed by atoms with E-state index in [1.165, 1.54) is 0 Å². The van der Waals surface area contributed by atoms with Gasteiger partial charge in [-0.25, -0.2) is 0 Å². The third-order valence-electron chi connectivity index (χ3n) is 1.97. The van der Waals surface area contributed by atoms with Gasteiger partial charge in [-0.15, -0.1) is 0 Å². The van der Waals surface area contributed by atoms with Crippen molar-refractivity contribution in [3.05, 3.63) is 0 Å². The van der Waals surface area contributed by atoms with E-state index < -0.39 is 0 Å². The van der Waals surface area contributed by atoms with Crippen molar-refractivity contribution < 1.29 is 4.79 Å². The summed E-state index contributed by atoms with van der Waals surface area (Å²) in [5.41, 5.74) is 5.37. The van der Waals surface area contributed by atoms with E-state index in [4.69, 9.17) is 5.73 Å². The first-order chi connectivity index (χ1) is 6.56. The van der Waals surface area contributed by atoms with Gasteiger partial charge in [-0.05, 0) is 19.4 Å². The number of nitrogens with zero attached hydrogens (tertiary/aromatic N) is 1. The number of nitrogens with one attached hydrogen (secondary N) is 1. The lowest BCUT2D eigenvalue weighted by atomic mass is 10.1. The first-order valence-electron chi connectivity index (χ1n) is 5.21. The summed E-state index contributed by atoms with van der Waals surface area (Å²) in [6.45, 7) is 6.86. The second kappa shape index (κ2) is 7.76. The van der Waals surface area contributed by atoms with Crippen LogP contribution in [-0.4, -0.2) is 44.0 Å². The zero-order valence-corrected chi connectivity index (χ0v) is 9.55. The molecule has 0 saturated carbocycles. The molecule has 4 heteroatoms. The molecule has 0 aliphatic rings. The van der Waals surface area contributed by atoms with Crippen LogP contribution in [0.3, 0.4) is 0 Å². The summed E-state index contributed by atoms with van der Waals surface area (Å²) < 4.78 is 0. The van der Waals surface area contributed by atoms with Crippen molar-refractivity contribution in [1.29, 1.82) is 0 Å². The summed E-state index contributed by atoms with van der Waals surface area (Å²) in [6, 6.07) is 0. The zero-order chi connectivity index (χ0) is 11.0. The van der Waals surface area contributed by atoms with E-state index in [-0.39, 0.29) is 5.91 Å². The van der Waals surface area contributed by atoms with Gasteiger partial charge in [0.15, 0.2) is 0 Å². The molecule has 0 aliphatic carbocycles. The molecule has 0 aromatic carbocycles. The van der Waals surface area contributed by atoms with E-state index >= 15 is 0 Å². The van der Waals surface area contributed by atoms with Crippen LogP contribution in [0, 0.1) is 5.92 Å². The van der Waals surface area contributed by atoms with Gasteiger partial charge in [0.1, 0.15) is 0 Å². The second-order valence-electron chi connectivity index (χ2n) is 4.06. The summed E-state index contributed by atoms with van der Waals surface area (Å²) in [6.07, 6.45) is 1.03. The van der Waals surface area contributed by atoms with Crippen LogP contribution in [-0.2, 0) is 4.79 Å². The molecule has 0 aromatic heterocycles. The quantitative estimate of drug-likeness (QED) is 0.611. The van der Waals surface area contributed by atoms with E-state index in [1.807, 2.05) is 11.9 Å². The predicted molar refractivity (Wildman–Crippen MR) is 59.0 cm³/mol. The average molecular weight is 201 g/mol. The fourth-order valence-electron chi connectivity index (χ4n) is 1.10. The number of nitrogens with two attached hydrogens (primary N) is 1. The Morgan fingerprint density at radius 1 is 1.50 bits per heavy atom. The number of hydrogen-bond acceptors (Lipinski definition) is 3. The molecule has 1 amide bonds. The van der Waals surface area contributed by atoms with Crippen LogP contribution in [0.1, 0.15) is 20.3 Å². The SMILES string of the molecule is CC(C)CCNC(=O)CN(C)CCN. The standard InChI is InChI=1S/C10H23N3O/c1-9(2)4-6-12-10(14)8-13(3)7-5-11/h9H,4-8,11H2,1-3H3,(H,12,14). The molecule has 0 fully saturated rings. The lowest BCUT2D eigenvalue weighted by Gasteiger charge is -2.15. The summed E-state index contributed by atoms with van der Waals surface area (Å²) in [7, 11) is 1.90. The van der Waals surface area contributed by atoms with E-state index in [0.717, 1.165) is 19.5 Å². The normalized spacial score (nSPS) is 11.0. The first-order valence-corrected chi connectivity index (χ1v) is 5.21. The summed E-state index contributed by atoms with van der Waals surface area (Å²) in [5, 5.41) is 2.88. The fourth-order valence-corrected chi connectivity index (χ4v) is 1.10. The summed E-state index contributed by atoms with van der Waals surface area (Å²) in [5.74, 6) is 0.721. The van der Waals surface area contributed by atoms with Gasteiger partial charge < -0.3 is 11.1 Å². The Balaban J connectivity index is 3.45. The molecule has 0 spiro atoms. The maximum Gasteiger partial charge on any atom is 0.234 e. The molecule has 14 heavy (non-hydrogen) atoms. The van der Waals surface area contributed by atoms with Crippen LogP contribution >= 0.6 is 0 Å². The van der Waals surface area contributed by atoms with Crippen LogP contribution < -0.4 is 11.1 Å². The largest absolute Gasteiger partial charge is 0.355 e. The van der Waals surface area contributed by atoms with Crippen LogP contribution in [0.5, 0.6) is 0 Å². The minimum atomic E-state index is 0.0848. The molecule has 0 aliphatic heterocycles. The number of rotatable bonds is 7. The van der Waals surface area contributed by atoms with Crippen molar-refractivity contribution >= 4 is 5.91 Å². The highest BCUT2D eigenvalue weighted by atomic mass is 16.2. The number of hydrogen-bond donors (Lipinski definition) is 2. The van der Waals surface area contributed by atoms with Crippen molar-refractivity contribution in [3.63, 3.8) is 0 Å². The van der Waals surface area contributed by atoms with Crippen LogP contribution in [0.15, 0.2) is 0 Å². The molecule has 0 atom stereocenters. The Kier molecular flexibility index (Phi) is 7.42. The van der Waals surface area contributed by atoms with Crippen LogP contribution in [0.2, 0.25) is 0 Å². The topological polar surface area (TPSA) is 58.4 Å². The number of likely N-dealkylation sites (N-methyl/N-ethyl adjacent to an activating group) is 1. The van der Waals surface area contributed by atoms with E-state index in [2.05, 4.69) is 19.2 Å². The van der Waals surface area contributed by atoms with Gasteiger partial charge in [0, 0.05) is 19.6 Å². The van der Waals surface area contributed by atoms with Gasteiger partial charge in [0.25, 0.3) is 0 Å². The predicted octanol–water partition coefficient (Wildman–Crippen LogP) is 0.0392. The maximum absolute atomic E-state index is 11.3. The van der Waals surface area contributed by atoms with Crippen LogP contribution in [0.25, 0.3) is 0 Å². The minimum Gasteiger partial charge on any atom is -0.355 e. The lowest BCUT2D eigenvalue weighted by molar-refractivity contribution is -0.121. The second-order valence-corrected chi connectivity index (χ2v) is 4.06. The number of carbonyl (C=O) groups excluding carboxylic acids is 1. The van der Waals surface area contributed by atoms with Crippen molar-refractivity contribution in [2.45, 2.75) is 20.3 Å². The Morgan fingerprint density at radius 3 is 2.64 bits per heavy atom. The smallest absolute Gasteiger partial charge is 0.234 e. The van der Waals surface area contributed by atoms with Crippen LogP contribution in [0.4, 0.5) is 0 Å². The van der Waals surface area contributed by atoms with Gasteiger partial charge in [0.2, 0.25) is 5.91 Å². The Labute approximate surface area is 86.8 Å². The Bertz CT molecular complexity index is 159. The van der Waals surface area contributed by atoms with Gasteiger partial charge in [0.05, 0.1) is 6.54 Å². The lowest BCUT2D eigenvalue weighted by Crippen LogP contribution is -2.37. The molecule has 4 nitrogen and oxygen atoms in total. The molecular weight excluding hydrogens is 178 g/mol. The molecule has 0 saturated heterocycles. The van der Waals surface area contributed by atoms with Gasteiger partial charge in [-0.2, -0.15) is 0 Å². The fraction of sp³-hybridized carbons (Fsp3) is 0.900. The average Bonchev–Trinajstić information content (AvgIpc) is 2.03. The Hall–Kier alpha value is -0.610. The molecule has 0 rings (SSSR count). The highest BCUT2D eigenvalue weighted by Gasteiger charge is 2.04. The monoisotopic (exact) mass is 201 g/mol. The van der Waals surface area contributed by atoms with E-state index in [1.54, 1.807) is 0 Å². The van der Waals surface area contributed by atoms with Crippen molar-refractivity contribution in [2.75, 3.05) is 33.2 Å². The highest BCUT2D eigenvalue weighted by Crippen LogP contribution is 1.96. The third kappa shape index (κ3) is 8.01.